The molecule has 0 aliphatic rings. The smallest absolute Gasteiger partial charge is 0.267 e. The van der Waals surface area contributed by atoms with Crippen molar-refractivity contribution in [3.05, 3.63) is 48.6 Å². The third kappa shape index (κ3) is 31.7. The van der Waals surface area contributed by atoms with E-state index in [2.05, 4.69) is 55.6 Å². The second-order valence-corrected chi connectivity index (χ2v) is 13.6. The summed E-state index contributed by atoms with van der Waals surface area (Å²) in [5, 5.41) is 13.1. The Hall–Kier alpha value is -1.70. The van der Waals surface area contributed by atoms with Crippen molar-refractivity contribution >= 4 is 16.0 Å². The normalized spacial score (nSPS) is 14.0. The molecule has 0 aromatic carbocycles. The van der Waals surface area contributed by atoms with Gasteiger partial charge in [-0.15, -0.1) is 0 Å². The van der Waals surface area contributed by atoms with Crippen LogP contribution in [0.4, 0.5) is 0 Å². The second kappa shape index (κ2) is 31.3. The van der Waals surface area contributed by atoms with E-state index in [0.29, 0.717) is 12.8 Å². The van der Waals surface area contributed by atoms with Crippen LogP contribution in [0.5, 0.6) is 0 Å². The third-order valence-electron chi connectivity index (χ3n) is 7.73. The molecule has 3 N–H and O–H groups in total. The topological polar surface area (TPSA) is 104 Å². The Labute approximate surface area is 271 Å². The Bertz CT molecular complexity index is 878. The number of aliphatic hydroxyl groups excluding tert-OH is 1. The van der Waals surface area contributed by atoms with Gasteiger partial charge in [-0.2, -0.15) is 8.42 Å². The summed E-state index contributed by atoms with van der Waals surface area (Å²) in [7, 11) is -4.35. The molecule has 0 fully saturated rings. The van der Waals surface area contributed by atoms with E-state index < -0.39 is 28.0 Å². The summed E-state index contributed by atoms with van der Waals surface area (Å²) in [6.07, 6.45) is 40.9. The molecule has 256 valence electrons. The van der Waals surface area contributed by atoms with Crippen LogP contribution in [0, 0.1) is 0 Å². The summed E-state index contributed by atoms with van der Waals surface area (Å²) in [6.45, 7) is 4.45. The number of hydrogen-bond donors (Lipinski definition) is 3. The predicted octanol–water partition coefficient (Wildman–Crippen LogP) is 9.96. The van der Waals surface area contributed by atoms with Gasteiger partial charge in [0.25, 0.3) is 10.1 Å². The molecule has 0 aromatic rings. The first-order chi connectivity index (χ1) is 21.3. The molecule has 0 rings (SSSR count). The highest BCUT2D eigenvalue weighted by atomic mass is 32.2. The monoisotopic (exact) mass is 637 g/mol. The van der Waals surface area contributed by atoms with Gasteiger partial charge in [0.05, 0.1) is 17.9 Å². The molecule has 44 heavy (non-hydrogen) atoms. The maximum Gasteiger partial charge on any atom is 0.267 e. The highest BCUT2D eigenvalue weighted by Gasteiger charge is 2.24. The van der Waals surface area contributed by atoms with E-state index in [4.69, 9.17) is 0 Å². The number of allylic oxidation sites excluding steroid dienone is 7. The van der Waals surface area contributed by atoms with Crippen LogP contribution in [0.3, 0.4) is 0 Å². The van der Waals surface area contributed by atoms with Crippen LogP contribution in [-0.2, 0) is 14.9 Å². The highest BCUT2D eigenvalue weighted by Crippen LogP contribution is 2.12. The fraction of sp³-hybridized carbons (Fsp3) is 0.757. The largest absolute Gasteiger partial charge is 0.387 e. The molecule has 0 bridgehead atoms. The van der Waals surface area contributed by atoms with E-state index in [1.165, 1.54) is 83.1 Å². The average Bonchev–Trinajstić information content (AvgIpc) is 2.98. The zero-order valence-electron chi connectivity index (χ0n) is 28.3. The molecule has 0 saturated heterocycles. The minimum atomic E-state index is -4.35. The zero-order chi connectivity index (χ0) is 32.6. The number of unbranched alkanes of at least 4 members (excludes halogenated alkanes) is 17. The molecule has 0 heterocycles. The van der Waals surface area contributed by atoms with Gasteiger partial charge in [0, 0.05) is 6.42 Å². The van der Waals surface area contributed by atoms with Crippen molar-refractivity contribution in [1.82, 2.24) is 5.32 Å². The number of hydrogen-bond acceptors (Lipinski definition) is 4. The van der Waals surface area contributed by atoms with Gasteiger partial charge in [-0.05, 0) is 57.8 Å². The summed E-state index contributed by atoms with van der Waals surface area (Å²) >= 11 is 0. The molecule has 0 aliphatic heterocycles. The predicted molar refractivity (Wildman–Crippen MR) is 188 cm³/mol. The van der Waals surface area contributed by atoms with Crippen molar-refractivity contribution in [2.24, 2.45) is 0 Å². The molecule has 0 aromatic heterocycles. The van der Waals surface area contributed by atoms with Crippen molar-refractivity contribution in [1.29, 1.82) is 0 Å². The van der Waals surface area contributed by atoms with Gasteiger partial charge in [-0.25, -0.2) is 0 Å². The van der Waals surface area contributed by atoms with Crippen LogP contribution >= 0.6 is 0 Å². The number of amides is 1. The SMILES string of the molecule is CCCC/C=C\C/C=C\CCCCCCCC(=O)NC(CS(=O)(=O)O)C(O)/C=C/CC/C=C/CCCCCCCCCCC. The molecule has 7 heteroatoms. The van der Waals surface area contributed by atoms with E-state index in [9.17, 15) is 22.9 Å². The van der Waals surface area contributed by atoms with Crippen LogP contribution in [-0.4, -0.2) is 41.9 Å². The van der Waals surface area contributed by atoms with Crippen LogP contribution < -0.4 is 5.32 Å². The molecule has 0 aliphatic carbocycles. The van der Waals surface area contributed by atoms with E-state index in [0.717, 1.165) is 51.4 Å². The first-order valence-electron chi connectivity index (χ1n) is 17.8. The van der Waals surface area contributed by atoms with Crippen LogP contribution in [0.25, 0.3) is 0 Å². The first-order valence-corrected chi connectivity index (χ1v) is 19.4. The van der Waals surface area contributed by atoms with E-state index in [1.54, 1.807) is 6.08 Å². The van der Waals surface area contributed by atoms with Crippen LogP contribution in [0.15, 0.2) is 48.6 Å². The molecule has 6 nitrogen and oxygen atoms in total. The second-order valence-electron chi connectivity index (χ2n) is 12.1. The van der Waals surface area contributed by atoms with Gasteiger partial charge in [0.1, 0.15) is 0 Å². The summed E-state index contributed by atoms with van der Waals surface area (Å²) in [5.41, 5.74) is 0. The molecule has 0 saturated carbocycles. The average molecular weight is 638 g/mol. The van der Waals surface area contributed by atoms with Crippen molar-refractivity contribution in [2.45, 2.75) is 174 Å². The lowest BCUT2D eigenvalue weighted by molar-refractivity contribution is -0.122. The van der Waals surface area contributed by atoms with Gasteiger partial charge in [-0.3, -0.25) is 9.35 Å². The van der Waals surface area contributed by atoms with Gasteiger partial charge in [0.15, 0.2) is 0 Å². The van der Waals surface area contributed by atoms with Crippen LogP contribution in [0.2, 0.25) is 0 Å². The molecular formula is C37H67NO5S. The van der Waals surface area contributed by atoms with Crippen molar-refractivity contribution < 1.29 is 22.9 Å². The quantitative estimate of drug-likeness (QED) is 0.0399. The Balaban J connectivity index is 4.10. The van der Waals surface area contributed by atoms with E-state index in [-0.39, 0.29) is 12.3 Å². The third-order valence-corrected chi connectivity index (χ3v) is 8.51. The van der Waals surface area contributed by atoms with Crippen LogP contribution in [0.1, 0.15) is 162 Å². The Morgan fingerprint density at radius 1 is 0.614 bits per heavy atom. The Morgan fingerprint density at radius 2 is 1.07 bits per heavy atom. The summed E-state index contributed by atoms with van der Waals surface area (Å²) in [6, 6.07) is -1.08. The number of rotatable bonds is 31. The molecule has 1 amide bonds. The molecule has 0 radical (unpaired) electrons. The maximum absolute atomic E-state index is 12.4. The summed E-state index contributed by atoms with van der Waals surface area (Å²) in [5.74, 6) is -1.02. The Kier molecular flexibility index (Phi) is 30.1. The molecule has 2 unspecified atom stereocenters. The summed E-state index contributed by atoms with van der Waals surface area (Å²) < 4.78 is 32.3. The van der Waals surface area contributed by atoms with Gasteiger partial charge < -0.3 is 10.4 Å². The molecule has 0 spiro atoms. The standard InChI is InChI=1S/C37H67NO5S/c1-3-5-7-9-11-13-15-17-19-20-22-24-26-28-30-32-36(39)35(34-44(41,42)43)38-37(40)33-31-29-27-25-23-21-18-16-14-12-10-8-6-4-2/h10,12,16,18,22,24,30,32,35-36,39H,3-9,11,13-15,17,19-21,23,25-29,31,33-34H2,1-2H3,(H,38,40)(H,41,42,43)/b12-10-,18-16-,24-22+,32-30+. The molecule has 2 atom stereocenters. The lowest BCUT2D eigenvalue weighted by Gasteiger charge is -2.21. The highest BCUT2D eigenvalue weighted by molar-refractivity contribution is 7.85. The van der Waals surface area contributed by atoms with Crippen molar-refractivity contribution in [3.63, 3.8) is 0 Å². The van der Waals surface area contributed by atoms with Crippen molar-refractivity contribution in [2.75, 3.05) is 5.75 Å². The van der Waals surface area contributed by atoms with Gasteiger partial charge >= 0.3 is 0 Å². The fourth-order valence-electron chi connectivity index (χ4n) is 5.01. The first kappa shape index (κ1) is 42.3. The molecular weight excluding hydrogens is 570 g/mol. The minimum absolute atomic E-state index is 0.270. The van der Waals surface area contributed by atoms with Gasteiger partial charge in [0.2, 0.25) is 5.91 Å². The lowest BCUT2D eigenvalue weighted by atomic mass is 10.1. The zero-order valence-corrected chi connectivity index (χ0v) is 29.1. The number of aliphatic hydroxyl groups is 1. The number of carbonyl (C=O) groups excluding carboxylic acids is 1. The minimum Gasteiger partial charge on any atom is -0.387 e. The maximum atomic E-state index is 12.4. The summed E-state index contributed by atoms with van der Waals surface area (Å²) in [4.78, 5) is 12.4. The fourth-order valence-corrected chi connectivity index (χ4v) is 5.74. The number of nitrogens with one attached hydrogen (secondary N) is 1. The number of carbonyl (C=O) groups is 1. The van der Waals surface area contributed by atoms with Gasteiger partial charge in [-0.1, -0.05) is 146 Å². The van der Waals surface area contributed by atoms with Crippen molar-refractivity contribution in [3.8, 4) is 0 Å². The van der Waals surface area contributed by atoms with E-state index >= 15 is 0 Å². The lowest BCUT2D eigenvalue weighted by Crippen LogP contribution is -2.46. The Morgan fingerprint density at radius 3 is 1.64 bits per heavy atom. The van der Waals surface area contributed by atoms with E-state index in [1.807, 2.05) is 0 Å².